The Morgan fingerprint density at radius 2 is 0.800 bits per heavy atom. The van der Waals surface area contributed by atoms with E-state index in [1.54, 1.807) is 97.1 Å². The highest BCUT2D eigenvalue weighted by Crippen LogP contribution is 2.57. The van der Waals surface area contributed by atoms with Gasteiger partial charge in [-0.2, -0.15) is 98.0 Å². The second kappa shape index (κ2) is 34.6. The number of nitriles is 2. The van der Waals surface area contributed by atoms with Crippen molar-refractivity contribution in [2.45, 2.75) is 85.1 Å². The first-order valence-electron chi connectivity index (χ1n) is 35.6. The van der Waals surface area contributed by atoms with Gasteiger partial charge in [-0.1, -0.05) is 143 Å². The van der Waals surface area contributed by atoms with Crippen molar-refractivity contribution in [1.82, 2.24) is 28.4 Å². The van der Waals surface area contributed by atoms with Crippen LogP contribution in [0.15, 0.2) is 206 Å². The molecule has 0 spiro atoms. The quantitative estimate of drug-likeness (QED) is 0.0174. The normalized spacial score (nSPS) is 13.2. The lowest BCUT2D eigenvalue weighted by Gasteiger charge is -2.32. The number of unbranched alkanes of at least 4 members (excludes halogenated alkanes) is 2. The van der Waals surface area contributed by atoms with E-state index in [1.807, 2.05) is 106 Å². The predicted octanol–water partition coefficient (Wildman–Crippen LogP) is 15.9. The van der Waals surface area contributed by atoms with E-state index in [4.69, 9.17) is 28.9 Å². The van der Waals surface area contributed by atoms with E-state index in [1.165, 1.54) is 53.7 Å². The number of benzene rings is 8. The molecule has 120 heavy (non-hydrogen) atoms. The van der Waals surface area contributed by atoms with Crippen LogP contribution >= 0.6 is 34.6 Å². The molecule has 0 saturated heterocycles. The maximum Gasteiger partial charge on any atom is 0.460 e. The van der Waals surface area contributed by atoms with Crippen molar-refractivity contribution in [1.29, 1.82) is 10.5 Å². The molecule has 0 bridgehead atoms. The number of sulfonamides is 1. The van der Waals surface area contributed by atoms with Gasteiger partial charge in [0.05, 0.1) is 58.6 Å². The van der Waals surface area contributed by atoms with Gasteiger partial charge in [-0.25, -0.2) is 14.7 Å². The highest BCUT2D eigenvalue weighted by atomic mass is 32.2. The second-order valence-corrected chi connectivity index (χ2v) is 31.4. The van der Waals surface area contributed by atoms with E-state index < -0.39 is 113 Å². The van der Waals surface area contributed by atoms with E-state index >= 15 is 0 Å². The molecule has 0 aliphatic rings. The average molecular weight is 1750 g/mol. The number of rotatable bonds is 32. The number of nitrogens with zero attached hydrogens (tertiary/aromatic N) is 6. The average Bonchev–Trinajstić information content (AvgIpc) is 1.51. The first-order valence-corrected chi connectivity index (χ1v) is 39.5. The minimum atomic E-state index is -7.60. The van der Waals surface area contributed by atoms with Crippen LogP contribution in [0.1, 0.15) is 48.5 Å². The maximum atomic E-state index is 14.6. The van der Waals surface area contributed by atoms with E-state index in [-0.39, 0.29) is 75.8 Å². The van der Waals surface area contributed by atoms with Crippen molar-refractivity contribution in [3.63, 3.8) is 0 Å². The number of alkyl halides is 18. The number of fused-ring (bicyclic) bond motifs is 3. The van der Waals surface area contributed by atoms with Gasteiger partial charge in [-0.05, 0) is 110 Å². The molecule has 0 radical (unpaired) electrons. The van der Waals surface area contributed by atoms with Gasteiger partial charge < -0.3 is 27.9 Å². The van der Waals surface area contributed by atoms with Crippen LogP contribution in [0.5, 0.6) is 23.0 Å². The Kier molecular flexibility index (Phi) is 25.3. The van der Waals surface area contributed by atoms with Gasteiger partial charge >= 0.3 is 70.3 Å². The van der Waals surface area contributed by atoms with Crippen molar-refractivity contribution in [3.8, 4) is 57.7 Å². The smallest absolute Gasteiger partial charge is 0.460 e. The lowest BCUT2D eigenvalue weighted by Crippen LogP contribution is -2.65. The molecule has 0 fully saturated rings. The molecule has 0 saturated carbocycles. The van der Waals surface area contributed by atoms with E-state index in [9.17, 15) is 108 Å². The lowest BCUT2D eigenvalue weighted by molar-refractivity contribution is -0.382. The van der Waals surface area contributed by atoms with E-state index in [2.05, 4.69) is 12.1 Å². The zero-order valence-corrected chi connectivity index (χ0v) is 65.1. The summed E-state index contributed by atoms with van der Waals surface area (Å²) in [4.78, 5) is 35.6. The lowest BCUT2D eigenvalue weighted by atomic mass is 9.50. The van der Waals surface area contributed by atoms with Gasteiger partial charge in [0.1, 0.15) is 56.3 Å². The van der Waals surface area contributed by atoms with Crippen molar-refractivity contribution in [3.05, 3.63) is 227 Å². The first kappa shape index (κ1) is 87.7. The molecule has 8 aromatic carbocycles. The highest BCUT2D eigenvalue weighted by Gasteiger charge is 2.86. The Balaban J connectivity index is 1.08. The summed E-state index contributed by atoms with van der Waals surface area (Å²) in [6, 6.07) is 65.1. The van der Waals surface area contributed by atoms with Crippen LogP contribution in [-0.2, 0) is 19.6 Å². The monoisotopic (exact) mass is 1750 g/mol. The van der Waals surface area contributed by atoms with Crippen molar-refractivity contribution >= 4 is 134 Å². The van der Waals surface area contributed by atoms with Crippen molar-refractivity contribution < 1.29 is 116 Å². The fraction of sp³-hybridized carbons (Fsp3) is 0.225. The van der Waals surface area contributed by atoms with Gasteiger partial charge in [0.25, 0.3) is 0 Å². The first-order chi connectivity index (χ1) is 56.8. The van der Waals surface area contributed by atoms with E-state index in [0.29, 0.717) is 91.8 Å². The molecule has 0 unspecified atom stereocenters. The minimum absolute atomic E-state index is 0.0161. The molecular formula is C80H58B2F18N8O8S4. The van der Waals surface area contributed by atoms with Gasteiger partial charge in [-0.15, -0.1) is 22.7 Å². The van der Waals surface area contributed by atoms with Crippen LogP contribution in [0.25, 0.3) is 64.9 Å². The van der Waals surface area contributed by atoms with Gasteiger partial charge in [-0.3, -0.25) is 14.3 Å². The van der Waals surface area contributed by atoms with Crippen LogP contribution in [0.2, 0.25) is 0 Å². The molecule has 4 heterocycles. The topological polar surface area (TPSA) is 212 Å². The number of carbonyl (C=O) groups is 2. The number of methoxy groups -OCH3 is 2. The zero-order chi connectivity index (χ0) is 86.7. The Morgan fingerprint density at radius 1 is 0.458 bits per heavy atom. The van der Waals surface area contributed by atoms with E-state index in [0.717, 1.165) is 0 Å². The molecule has 12 aromatic rings. The van der Waals surface area contributed by atoms with Gasteiger partial charge in [0.15, 0.2) is 0 Å². The summed E-state index contributed by atoms with van der Waals surface area (Å²) < 4.78 is 301. The second-order valence-electron chi connectivity index (χ2n) is 26.7. The van der Waals surface area contributed by atoms with Gasteiger partial charge in [0, 0.05) is 59.1 Å². The number of carbonyl (C=O) groups excluding carboxylic acids is 2. The number of ether oxygens (including phenoxy) is 4. The third-order valence-corrected chi connectivity index (χ3v) is 23.3. The summed E-state index contributed by atoms with van der Waals surface area (Å²) in [6.45, 7) is -2.52. The molecular weight excluding hydrogens is 1690 g/mol. The van der Waals surface area contributed by atoms with Crippen LogP contribution in [-0.4, -0.2) is 127 Å². The largest absolute Gasteiger partial charge is 0.497 e. The summed E-state index contributed by atoms with van der Waals surface area (Å²) in [6.07, 6.45) is -17.3. The number of nitrogens with one attached hydrogen (secondary N) is 2. The Hall–Kier alpha value is -11.6. The fourth-order valence-electron chi connectivity index (χ4n) is 13.2. The molecule has 0 atom stereocenters. The molecule has 16 nitrogen and oxygen atoms in total. The molecule has 40 heteroatoms. The third kappa shape index (κ3) is 16.9. The standard InChI is InChI=1S/C80H58B2F18N8O8S4/c1-113-55-37-39-61-59(43-55)103-71(117-61)57(45-101)69-65-66(68(108(69)82(51-23-11-5-12-24-51)52-25-13-6-14-26-52)48-31-35-54(36-32-48)116-42-18-16-28-64(110)106-120(111,112)80(99,100)76(89,90)74(85,86)78(94,95)96)70(58(46-102)72-104-60-44-56(114-2)38-40-62(60)118-72)107(81(49-19-7-3-8-20-49)50-21-9-4-10-22-50)67(65)47-29-33-53(34-30-47)115-41-17-15-27-63(109)105-119-79(97,98)75(87,88)73(83,84)77(91,92)93/h3-14,19-26,29-40,43-44H,15-18,27-28,41-42H2,1-2H3,(H,105,109)(H,106,110)/b69-57-,70-58-. The van der Waals surface area contributed by atoms with Crippen molar-refractivity contribution in [2.75, 3.05) is 27.4 Å². The summed E-state index contributed by atoms with van der Waals surface area (Å²) in [5, 5.41) is 13.1. The number of hydrogen-bond donors (Lipinski definition) is 2. The third-order valence-electron chi connectivity index (χ3n) is 19.0. The summed E-state index contributed by atoms with van der Waals surface area (Å²) >= 11 is 0.739. The molecule has 0 aliphatic heterocycles. The fourth-order valence-corrected chi connectivity index (χ4v) is 16.6. The molecule has 0 aliphatic carbocycles. The molecule has 12 rings (SSSR count). The molecule has 4 aromatic heterocycles. The maximum absolute atomic E-state index is 14.6. The number of hydrogen-bond acceptors (Lipinski definition) is 15. The number of amides is 2. The molecule has 2 amide bonds. The Bertz CT molecular complexity index is 5930. The van der Waals surface area contributed by atoms with Crippen molar-refractivity contribution in [2.24, 2.45) is 0 Å². The number of halogens is 18. The molecule has 622 valence electrons. The molecule has 2 N–H and O–H groups in total. The van der Waals surface area contributed by atoms with Crippen LogP contribution in [0.4, 0.5) is 79.0 Å². The van der Waals surface area contributed by atoms with Crippen LogP contribution in [0.3, 0.4) is 0 Å². The Labute approximate surface area is 682 Å². The summed E-state index contributed by atoms with van der Waals surface area (Å²) in [7, 11) is -4.33. The number of thiazole rings is 2. The summed E-state index contributed by atoms with van der Waals surface area (Å²) in [5.41, 5.74) is 4.79. The highest BCUT2D eigenvalue weighted by molar-refractivity contribution is 7.99. The van der Waals surface area contributed by atoms with Gasteiger partial charge in [0.2, 0.25) is 11.8 Å². The zero-order valence-electron chi connectivity index (χ0n) is 61.8. The minimum Gasteiger partial charge on any atom is -0.497 e. The summed E-state index contributed by atoms with van der Waals surface area (Å²) in [5.74, 6) is -31.6. The predicted molar refractivity (Wildman–Crippen MR) is 419 cm³/mol. The number of aromatic nitrogens is 4. The SMILES string of the molecule is COc1ccc2sc(/C(C#N)=c3/c4c(-c5ccc(OCCCCC(=O)NS(=O)(=O)C(F)(F)C(F)(F)C(F)(F)C(F)(F)F)cc5)n(B(c5ccccc5)c5ccccc5)/c(=C(/C#N)c5nc6cc(OC)ccc6s5)c4c(-c4ccc(OCCCCC(=O)NSC(F)(F)C(F)(F)C(F)(F)C(F)(F)F)cc4)n3B(c3ccccc3)c3ccccc3)nc2c1. The van der Waals surface area contributed by atoms with Crippen LogP contribution in [0, 0.1) is 22.7 Å². The van der Waals surface area contributed by atoms with Crippen LogP contribution < -0.4 is 60.9 Å². The Morgan fingerprint density at radius 3 is 1.14 bits per heavy atom.